The lowest BCUT2D eigenvalue weighted by molar-refractivity contribution is 0.365. The monoisotopic (exact) mass is 311 g/mol. The lowest BCUT2D eigenvalue weighted by Crippen LogP contribution is -2.32. The molecule has 3 N–H and O–H groups in total. The van der Waals surface area contributed by atoms with E-state index in [0.29, 0.717) is 17.1 Å². The third-order valence-electron chi connectivity index (χ3n) is 3.21. The quantitative estimate of drug-likeness (QED) is 0.631. The molecule has 0 radical (unpaired) electrons. The molecule has 2 aromatic rings. The summed E-state index contributed by atoms with van der Waals surface area (Å²) in [5.74, 6) is 5.34. The van der Waals surface area contributed by atoms with E-state index in [4.69, 9.17) is 17.4 Å². The first kappa shape index (κ1) is 15.9. The van der Waals surface area contributed by atoms with Crippen LogP contribution in [-0.4, -0.2) is 35.3 Å². The van der Waals surface area contributed by atoms with Gasteiger partial charge in [0, 0.05) is 6.54 Å². The second kappa shape index (κ2) is 7.00. The summed E-state index contributed by atoms with van der Waals surface area (Å²) >= 11 is 6.24. The summed E-state index contributed by atoms with van der Waals surface area (Å²) in [5, 5.41) is 4.77. The number of benzene rings is 1. The molecule has 0 aliphatic heterocycles. The fourth-order valence-corrected chi connectivity index (χ4v) is 2.40. The highest BCUT2D eigenvalue weighted by Crippen LogP contribution is 2.28. The number of nitrogens with two attached hydrogens (primary N) is 1. The van der Waals surface area contributed by atoms with Gasteiger partial charge in [0.25, 0.3) is 0 Å². The number of nitrogens with one attached hydrogen (secondary N) is 1. The van der Waals surface area contributed by atoms with Crippen LogP contribution in [0.15, 0.2) is 30.5 Å². The van der Waals surface area contributed by atoms with Crippen LogP contribution in [0, 0.1) is 5.82 Å². The Kier molecular flexibility index (Phi) is 5.30. The summed E-state index contributed by atoms with van der Waals surface area (Å²) in [6.45, 7) is 1.48. The van der Waals surface area contributed by atoms with Crippen molar-refractivity contribution in [3.05, 3.63) is 52.6 Å². The van der Waals surface area contributed by atoms with E-state index in [-0.39, 0.29) is 5.82 Å². The van der Waals surface area contributed by atoms with E-state index in [1.807, 2.05) is 19.0 Å². The van der Waals surface area contributed by atoms with E-state index in [2.05, 4.69) is 10.5 Å². The molecule has 0 fully saturated rings. The van der Waals surface area contributed by atoms with E-state index >= 15 is 0 Å². The molecule has 7 heteroatoms. The Morgan fingerprint density at radius 3 is 2.86 bits per heavy atom. The largest absolute Gasteiger partial charge is 0.308 e. The van der Waals surface area contributed by atoms with E-state index in [0.717, 1.165) is 12.2 Å². The van der Waals surface area contributed by atoms with Crippen molar-refractivity contribution in [2.75, 3.05) is 20.6 Å². The van der Waals surface area contributed by atoms with Crippen molar-refractivity contribution in [3.63, 3.8) is 0 Å². The van der Waals surface area contributed by atoms with Crippen molar-refractivity contribution >= 4 is 11.6 Å². The van der Waals surface area contributed by atoms with Gasteiger partial charge in [0.15, 0.2) is 0 Å². The normalized spacial score (nSPS) is 12.9. The Morgan fingerprint density at radius 2 is 2.24 bits per heavy atom. The number of likely N-dealkylation sites (N-methyl/N-ethyl adjacent to an activating group) is 1. The smallest absolute Gasteiger partial charge is 0.123 e. The van der Waals surface area contributed by atoms with Crippen LogP contribution < -0.4 is 11.3 Å². The molecule has 0 aliphatic carbocycles. The van der Waals surface area contributed by atoms with Crippen LogP contribution in [0.5, 0.6) is 0 Å². The van der Waals surface area contributed by atoms with Crippen LogP contribution in [0.25, 0.3) is 0 Å². The molecule has 1 heterocycles. The SMILES string of the molecule is CN(C)CCn1ncc(Cl)c1C(NN)c1cccc(F)c1. The highest BCUT2D eigenvalue weighted by Gasteiger charge is 2.21. The second-order valence-electron chi connectivity index (χ2n) is 5.06. The van der Waals surface area contributed by atoms with Gasteiger partial charge in [-0.3, -0.25) is 10.5 Å². The van der Waals surface area contributed by atoms with Gasteiger partial charge >= 0.3 is 0 Å². The average molecular weight is 312 g/mol. The van der Waals surface area contributed by atoms with Gasteiger partial charge in [-0.05, 0) is 31.8 Å². The molecule has 1 aromatic heterocycles. The van der Waals surface area contributed by atoms with Crippen LogP contribution in [0.1, 0.15) is 17.3 Å². The van der Waals surface area contributed by atoms with Crippen molar-refractivity contribution < 1.29 is 4.39 Å². The van der Waals surface area contributed by atoms with Crippen molar-refractivity contribution in [2.24, 2.45) is 5.84 Å². The van der Waals surface area contributed by atoms with Crippen molar-refractivity contribution in [1.29, 1.82) is 0 Å². The summed E-state index contributed by atoms with van der Waals surface area (Å²) in [7, 11) is 3.96. The number of halogens is 2. The van der Waals surface area contributed by atoms with Gasteiger partial charge in [0.2, 0.25) is 0 Å². The lowest BCUT2D eigenvalue weighted by Gasteiger charge is -2.20. The van der Waals surface area contributed by atoms with Gasteiger partial charge < -0.3 is 4.90 Å². The van der Waals surface area contributed by atoms with Crippen LogP contribution in [0.4, 0.5) is 4.39 Å². The number of hydrogen-bond acceptors (Lipinski definition) is 4. The predicted octanol–water partition coefficient (Wildman–Crippen LogP) is 1.79. The Hall–Kier alpha value is -1.47. The molecule has 0 saturated heterocycles. The molecule has 0 spiro atoms. The topological polar surface area (TPSA) is 59.1 Å². The Bertz CT molecular complexity index is 599. The number of aromatic nitrogens is 2. The Labute approximate surface area is 128 Å². The molecule has 0 aliphatic rings. The van der Waals surface area contributed by atoms with Crippen LogP contribution in [-0.2, 0) is 6.54 Å². The van der Waals surface area contributed by atoms with Crippen molar-refractivity contribution in [3.8, 4) is 0 Å². The van der Waals surface area contributed by atoms with Crippen LogP contribution in [0.2, 0.25) is 5.02 Å². The van der Waals surface area contributed by atoms with Crippen LogP contribution in [0.3, 0.4) is 0 Å². The molecule has 1 atom stereocenters. The van der Waals surface area contributed by atoms with E-state index < -0.39 is 6.04 Å². The summed E-state index contributed by atoms with van der Waals surface area (Å²) < 4.78 is 15.2. The minimum atomic E-state index is -0.419. The van der Waals surface area contributed by atoms with Gasteiger partial charge in [-0.1, -0.05) is 23.7 Å². The Balaban J connectivity index is 2.35. The van der Waals surface area contributed by atoms with Gasteiger partial charge in [-0.15, -0.1) is 0 Å². The average Bonchev–Trinajstić information content (AvgIpc) is 2.79. The maximum atomic E-state index is 13.4. The molecule has 21 heavy (non-hydrogen) atoms. The molecule has 5 nitrogen and oxygen atoms in total. The second-order valence-corrected chi connectivity index (χ2v) is 5.47. The third-order valence-corrected chi connectivity index (χ3v) is 3.51. The molecule has 114 valence electrons. The molecular weight excluding hydrogens is 293 g/mol. The standard InChI is InChI=1S/C14H19ClFN5/c1-20(2)6-7-21-14(12(15)9-18-21)13(19-17)10-4-3-5-11(16)8-10/h3-5,8-9,13,19H,6-7,17H2,1-2H3. The number of rotatable bonds is 6. The van der Waals surface area contributed by atoms with E-state index in [1.165, 1.54) is 12.1 Å². The fourth-order valence-electron chi connectivity index (χ4n) is 2.15. The lowest BCUT2D eigenvalue weighted by atomic mass is 10.0. The first-order valence-electron chi connectivity index (χ1n) is 6.60. The number of hydrazine groups is 1. The summed E-state index contributed by atoms with van der Waals surface area (Å²) in [4.78, 5) is 2.05. The van der Waals surface area contributed by atoms with E-state index in [9.17, 15) is 4.39 Å². The van der Waals surface area contributed by atoms with Gasteiger partial charge in [0.05, 0.1) is 29.5 Å². The molecular formula is C14H19ClFN5. The van der Waals surface area contributed by atoms with Crippen LogP contribution >= 0.6 is 11.6 Å². The molecule has 1 unspecified atom stereocenters. The molecule has 1 aromatic carbocycles. The third kappa shape index (κ3) is 3.79. The predicted molar refractivity (Wildman–Crippen MR) is 81.4 cm³/mol. The van der Waals surface area contributed by atoms with Crippen molar-refractivity contribution in [2.45, 2.75) is 12.6 Å². The van der Waals surface area contributed by atoms with E-state index in [1.54, 1.807) is 23.0 Å². The fraction of sp³-hybridized carbons (Fsp3) is 0.357. The number of hydrogen-bond donors (Lipinski definition) is 2. The van der Waals surface area contributed by atoms with Crippen molar-refractivity contribution in [1.82, 2.24) is 20.1 Å². The maximum absolute atomic E-state index is 13.4. The first-order valence-corrected chi connectivity index (χ1v) is 6.98. The van der Waals surface area contributed by atoms with Gasteiger partial charge in [-0.25, -0.2) is 9.82 Å². The zero-order valence-electron chi connectivity index (χ0n) is 12.1. The molecule has 2 rings (SSSR count). The van der Waals surface area contributed by atoms with Gasteiger partial charge in [-0.2, -0.15) is 5.10 Å². The first-order chi connectivity index (χ1) is 10.0. The van der Waals surface area contributed by atoms with Gasteiger partial charge in [0.1, 0.15) is 5.82 Å². The highest BCUT2D eigenvalue weighted by atomic mass is 35.5. The zero-order valence-corrected chi connectivity index (χ0v) is 12.8. The zero-order chi connectivity index (χ0) is 15.4. The molecule has 0 amide bonds. The summed E-state index contributed by atoms with van der Waals surface area (Å²) in [6, 6.07) is 5.85. The maximum Gasteiger partial charge on any atom is 0.123 e. The Morgan fingerprint density at radius 1 is 1.48 bits per heavy atom. The summed E-state index contributed by atoms with van der Waals surface area (Å²) in [6.07, 6.45) is 1.58. The summed E-state index contributed by atoms with van der Waals surface area (Å²) in [5.41, 5.74) is 4.12. The molecule has 0 saturated carbocycles. The number of nitrogens with zero attached hydrogens (tertiary/aromatic N) is 3. The highest BCUT2D eigenvalue weighted by molar-refractivity contribution is 6.31. The minimum Gasteiger partial charge on any atom is -0.308 e. The molecule has 0 bridgehead atoms. The minimum absolute atomic E-state index is 0.316.